The van der Waals surface area contributed by atoms with Gasteiger partial charge < -0.3 is 4.98 Å². The molecule has 0 aromatic carbocycles. The number of Topliss-reactive ketones (excluding diaryl/α,β-unsaturated/α-hetero) is 1. The van der Waals surface area contributed by atoms with Crippen LogP contribution in [-0.4, -0.2) is 49.4 Å². The lowest BCUT2D eigenvalue weighted by atomic mass is 9.89. The fourth-order valence-corrected chi connectivity index (χ4v) is 7.93. The van der Waals surface area contributed by atoms with Crippen LogP contribution in [-0.2, 0) is 4.79 Å². The second-order valence-electron chi connectivity index (χ2n) is 10.9. The minimum Gasteiger partial charge on any atom is -0.346 e. The fraction of sp³-hybridized carbons (Fsp3) is 0.536. The van der Waals surface area contributed by atoms with E-state index in [1.54, 1.807) is 6.33 Å². The number of hydrogen-bond acceptors (Lipinski definition) is 5. The maximum Gasteiger partial charge on any atom is 0.158 e. The van der Waals surface area contributed by atoms with Crippen LogP contribution >= 0.6 is 11.3 Å². The van der Waals surface area contributed by atoms with Crippen molar-refractivity contribution in [1.29, 1.82) is 0 Å². The SMILES string of the molecule is Cc1c(-c2[nH]c3sc(C4CCN(C5CCCC5=O)CC4)c(C)c3c2C(C)C)cn2ncnc2c1C. The number of pyridine rings is 1. The molecule has 1 saturated carbocycles. The Balaban J connectivity index is 1.37. The number of nitrogens with zero attached hydrogens (tertiary/aromatic N) is 4. The zero-order chi connectivity index (χ0) is 24.4. The van der Waals surface area contributed by atoms with Crippen molar-refractivity contribution in [1.82, 2.24) is 24.5 Å². The summed E-state index contributed by atoms with van der Waals surface area (Å²) >= 11 is 1.95. The largest absolute Gasteiger partial charge is 0.346 e. The monoisotopic (exact) mass is 489 g/mol. The number of aromatic amines is 1. The third-order valence-corrected chi connectivity index (χ3v) is 9.92. The second kappa shape index (κ2) is 8.56. The molecule has 7 heteroatoms. The molecule has 4 aromatic rings. The molecule has 1 unspecified atom stereocenters. The van der Waals surface area contributed by atoms with Gasteiger partial charge in [-0.1, -0.05) is 13.8 Å². The Hall–Kier alpha value is -2.51. The number of carbonyl (C=O) groups is 1. The summed E-state index contributed by atoms with van der Waals surface area (Å²) in [4.78, 5) is 25.8. The van der Waals surface area contributed by atoms with Gasteiger partial charge in [-0.05, 0) is 93.6 Å². The lowest BCUT2D eigenvalue weighted by Gasteiger charge is -2.35. The first-order chi connectivity index (χ1) is 16.8. The average molecular weight is 490 g/mol. The molecule has 0 amide bonds. The Bertz CT molecular complexity index is 1430. The van der Waals surface area contributed by atoms with Gasteiger partial charge in [0.05, 0.1) is 11.7 Å². The zero-order valence-electron chi connectivity index (χ0n) is 21.4. The molecule has 184 valence electrons. The molecule has 0 bridgehead atoms. The number of fused-ring (bicyclic) bond motifs is 2. The molecule has 1 N–H and O–H groups in total. The van der Waals surface area contributed by atoms with E-state index in [1.807, 2.05) is 15.9 Å². The molecule has 0 radical (unpaired) electrons. The highest BCUT2D eigenvalue weighted by atomic mass is 32.1. The summed E-state index contributed by atoms with van der Waals surface area (Å²) in [5, 5.41) is 5.84. The second-order valence-corrected chi connectivity index (χ2v) is 11.9. The van der Waals surface area contributed by atoms with Gasteiger partial charge >= 0.3 is 0 Å². The molecule has 6 rings (SSSR count). The van der Waals surface area contributed by atoms with Crippen LogP contribution in [0.1, 0.15) is 84.9 Å². The predicted octanol–water partition coefficient (Wildman–Crippen LogP) is 6.29. The van der Waals surface area contributed by atoms with Crippen molar-refractivity contribution in [2.75, 3.05) is 13.1 Å². The first-order valence-corrected chi connectivity index (χ1v) is 13.9. The highest BCUT2D eigenvalue weighted by Gasteiger charge is 2.34. The van der Waals surface area contributed by atoms with E-state index in [9.17, 15) is 4.79 Å². The Labute approximate surface area is 210 Å². The summed E-state index contributed by atoms with van der Waals surface area (Å²) in [7, 11) is 0. The van der Waals surface area contributed by atoms with Gasteiger partial charge in [-0.3, -0.25) is 9.69 Å². The van der Waals surface area contributed by atoms with Crippen LogP contribution in [0.25, 0.3) is 27.1 Å². The maximum absolute atomic E-state index is 12.3. The van der Waals surface area contributed by atoms with Crippen LogP contribution < -0.4 is 0 Å². The molecule has 1 aliphatic heterocycles. The molecule has 1 aliphatic carbocycles. The summed E-state index contributed by atoms with van der Waals surface area (Å²) < 4.78 is 1.90. The normalized spacial score (nSPS) is 20.3. The van der Waals surface area contributed by atoms with Crippen molar-refractivity contribution in [2.45, 2.75) is 84.6 Å². The number of hydrogen-bond donors (Lipinski definition) is 1. The van der Waals surface area contributed by atoms with E-state index in [-0.39, 0.29) is 6.04 Å². The number of ketones is 1. The van der Waals surface area contributed by atoms with Gasteiger partial charge in [0.1, 0.15) is 16.9 Å². The Morgan fingerprint density at radius 1 is 1.09 bits per heavy atom. The number of aryl methyl sites for hydroxylation is 2. The standard InChI is InChI=1S/C28H35N5OS/c1-15(2)23-24-18(5)26(19-9-11-32(12-10-19)21-7-6-8-22(21)34)35-28(24)31-25(23)20-13-33-27(29-14-30-33)17(4)16(20)3/h13-15,19,21,31H,6-12H2,1-5H3. The van der Waals surface area contributed by atoms with Gasteiger partial charge in [0.2, 0.25) is 0 Å². The molecule has 0 spiro atoms. The van der Waals surface area contributed by atoms with Gasteiger partial charge in [0.15, 0.2) is 5.65 Å². The lowest BCUT2D eigenvalue weighted by molar-refractivity contribution is -0.122. The summed E-state index contributed by atoms with van der Waals surface area (Å²) in [6.07, 6.45) is 8.97. The summed E-state index contributed by atoms with van der Waals surface area (Å²) in [5.74, 6) is 1.46. The van der Waals surface area contributed by atoms with Crippen LogP contribution in [0.2, 0.25) is 0 Å². The topological polar surface area (TPSA) is 66.3 Å². The fourth-order valence-electron chi connectivity index (χ4n) is 6.54. The zero-order valence-corrected chi connectivity index (χ0v) is 22.3. The number of likely N-dealkylation sites (tertiary alicyclic amines) is 1. The minimum atomic E-state index is 0.194. The van der Waals surface area contributed by atoms with Crippen LogP contribution in [0.15, 0.2) is 12.5 Å². The van der Waals surface area contributed by atoms with Gasteiger partial charge in [0, 0.05) is 28.4 Å². The quantitative estimate of drug-likeness (QED) is 0.366. The third kappa shape index (κ3) is 3.58. The average Bonchev–Trinajstić information content (AvgIpc) is 3.61. The molecule has 2 aliphatic rings. The van der Waals surface area contributed by atoms with Crippen molar-refractivity contribution in [3.05, 3.63) is 39.7 Å². The number of nitrogens with one attached hydrogen (secondary N) is 1. The molecule has 4 aromatic heterocycles. The van der Waals surface area contributed by atoms with E-state index in [0.29, 0.717) is 17.6 Å². The Morgan fingerprint density at radius 3 is 2.54 bits per heavy atom. The molecule has 5 heterocycles. The summed E-state index contributed by atoms with van der Waals surface area (Å²) in [5.41, 5.74) is 8.66. The van der Waals surface area contributed by atoms with E-state index in [0.717, 1.165) is 50.8 Å². The van der Waals surface area contributed by atoms with Crippen molar-refractivity contribution in [2.24, 2.45) is 0 Å². The maximum atomic E-state index is 12.3. The number of aromatic nitrogens is 4. The van der Waals surface area contributed by atoms with Crippen LogP contribution in [0, 0.1) is 20.8 Å². The van der Waals surface area contributed by atoms with Gasteiger partial charge in [-0.25, -0.2) is 9.50 Å². The van der Waals surface area contributed by atoms with Gasteiger partial charge in [-0.2, -0.15) is 5.10 Å². The molecular formula is C28H35N5OS. The van der Waals surface area contributed by atoms with E-state index >= 15 is 0 Å². The van der Waals surface area contributed by atoms with E-state index in [2.05, 4.69) is 60.8 Å². The first-order valence-electron chi connectivity index (χ1n) is 13.1. The number of thiophene rings is 1. The predicted molar refractivity (Wildman–Crippen MR) is 143 cm³/mol. The highest BCUT2D eigenvalue weighted by molar-refractivity contribution is 7.19. The number of piperidine rings is 1. The third-order valence-electron chi connectivity index (χ3n) is 8.55. The summed E-state index contributed by atoms with van der Waals surface area (Å²) in [6, 6.07) is 0.194. The Kier molecular flexibility index (Phi) is 5.60. The molecule has 1 atom stereocenters. The van der Waals surface area contributed by atoms with Crippen LogP contribution in [0.5, 0.6) is 0 Å². The number of rotatable bonds is 4. The van der Waals surface area contributed by atoms with Crippen LogP contribution in [0.3, 0.4) is 0 Å². The number of carbonyl (C=O) groups excluding carboxylic acids is 1. The van der Waals surface area contributed by atoms with Crippen molar-refractivity contribution in [3.63, 3.8) is 0 Å². The van der Waals surface area contributed by atoms with Crippen molar-refractivity contribution >= 4 is 33.0 Å². The summed E-state index contributed by atoms with van der Waals surface area (Å²) in [6.45, 7) is 13.4. The molecular weight excluding hydrogens is 454 g/mol. The van der Waals surface area contributed by atoms with E-state index < -0.39 is 0 Å². The number of H-pyrrole nitrogens is 1. The van der Waals surface area contributed by atoms with Gasteiger partial charge in [-0.15, -0.1) is 11.3 Å². The van der Waals surface area contributed by atoms with Crippen molar-refractivity contribution in [3.8, 4) is 11.3 Å². The minimum absolute atomic E-state index is 0.194. The molecule has 6 nitrogen and oxygen atoms in total. The molecule has 35 heavy (non-hydrogen) atoms. The highest BCUT2D eigenvalue weighted by Crippen LogP contribution is 2.46. The molecule has 1 saturated heterocycles. The van der Waals surface area contributed by atoms with Crippen LogP contribution in [0.4, 0.5) is 0 Å². The van der Waals surface area contributed by atoms with E-state index in [4.69, 9.17) is 0 Å². The van der Waals surface area contributed by atoms with E-state index in [1.165, 1.54) is 48.6 Å². The molecule has 2 fully saturated rings. The Morgan fingerprint density at radius 2 is 1.86 bits per heavy atom. The van der Waals surface area contributed by atoms with Crippen molar-refractivity contribution < 1.29 is 4.79 Å². The lowest BCUT2D eigenvalue weighted by Crippen LogP contribution is -2.43. The van der Waals surface area contributed by atoms with Gasteiger partial charge in [0.25, 0.3) is 0 Å². The first kappa shape index (κ1) is 22.9. The smallest absolute Gasteiger partial charge is 0.158 e.